The monoisotopic (exact) mass is 220 g/mol. The van der Waals surface area contributed by atoms with Crippen LogP contribution in [0.4, 0.5) is 0 Å². The molecule has 1 fully saturated rings. The molecule has 0 atom stereocenters. The molecule has 1 aromatic heterocycles. The van der Waals surface area contributed by atoms with Crippen LogP contribution in [0.25, 0.3) is 0 Å². The Morgan fingerprint density at radius 1 is 1.56 bits per heavy atom. The van der Waals surface area contributed by atoms with Crippen molar-refractivity contribution in [3.05, 3.63) is 24.0 Å². The maximum absolute atomic E-state index is 12.0. The molecule has 0 aliphatic carbocycles. The number of Topliss-reactive ketones (excluding diaryl/α,β-unsaturated/α-hetero) is 1. The van der Waals surface area contributed by atoms with E-state index < -0.39 is 0 Å². The normalized spacial score (nSPS) is 19.1. The topological polar surface area (TPSA) is 53.2 Å². The zero-order valence-electron chi connectivity index (χ0n) is 9.62. The predicted octanol–water partition coefficient (Wildman–Crippen LogP) is 1.14. The van der Waals surface area contributed by atoms with E-state index in [2.05, 4.69) is 4.98 Å². The number of nitrogens with one attached hydrogen (secondary N) is 1. The molecule has 0 spiro atoms. The lowest BCUT2D eigenvalue weighted by Gasteiger charge is -2.30. The van der Waals surface area contributed by atoms with Crippen LogP contribution >= 0.6 is 0 Å². The second-order valence-corrected chi connectivity index (χ2v) is 4.88. The van der Waals surface area contributed by atoms with Crippen molar-refractivity contribution in [3.63, 3.8) is 0 Å². The first-order chi connectivity index (χ1) is 7.49. The Morgan fingerprint density at radius 2 is 2.31 bits per heavy atom. The molecule has 0 bridgehead atoms. The van der Waals surface area contributed by atoms with E-state index in [0.29, 0.717) is 12.8 Å². The highest BCUT2D eigenvalue weighted by molar-refractivity contribution is 5.91. The van der Waals surface area contributed by atoms with E-state index in [9.17, 15) is 9.59 Å². The second-order valence-electron chi connectivity index (χ2n) is 4.88. The molecular weight excluding hydrogens is 204 g/mol. The summed E-state index contributed by atoms with van der Waals surface area (Å²) < 4.78 is 0. The van der Waals surface area contributed by atoms with Crippen molar-refractivity contribution in [2.75, 3.05) is 6.54 Å². The third kappa shape index (κ3) is 2.01. The number of carbonyl (C=O) groups excluding carboxylic acids is 2. The SMILES string of the molecule is CC1(C)CC(=O)CN1C(=O)Cc1ccc[nH]1. The largest absolute Gasteiger partial charge is 0.365 e. The van der Waals surface area contributed by atoms with Gasteiger partial charge in [0.05, 0.1) is 13.0 Å². The Morgan fingerprint density at radius 3 is 2.81 bits per heavy atom. The third-order valence-corrected chi connectivity index (χ3v) is 3.00. The quantitative estimate of drug-likeness (QED) is 0.812. The second kappa shape index (κ2) is 3.77. The van der Waals surface area contributed by atoms with E-state index >= 15 is 0 Å². The highest BCUT2D eigenvalue weighted by Crippen LogP contribution is 2.26. The Kier molecular flexibility index (Phi) is 2.58. The van der Waals surface area contributed by atoms with Crippen LogP contribution in [0.1, 0.15) is 26.0 Å². The number of H-pyrrole nitrogens is 1. The van der Waals surface area contributed by atoms with Gasteiger partial charge in [0.25, 0.3) is 0 Å². The van der Waals surface area contributed by atoms with Crippen molar-refractivity contribution in [1.82, 2.24) is 9.88 Å². The molecule has 4 heteroatoms. The summed E-state index contributed by atoms with van der Waals surface area (Å²) >= 11 is 0. The molecule has 1 amide bonds. The van der Waals surface area contributed by atoms with Gasteiger partial charge in [-0.25, -0.2) is 0 Å². The molecular formula is C12H16N2O2. The van der Waals surface area contributed by atoms with Crippen molar-refractivity contribution < 1.29 is 9.59 Å². The number of aromatic amines is 1. The van der Waals surface area contributed by atoms with Crippen molar-refractivity contribution in [2.24, 2.45) is 0 Å². The van der Waals surface area contributed by atoms with E-state index in [0.717, 1.165) is 5.69 Å². The number of amides is 1. The van der Waals surface area contributed by atoms with E-state index in [1.54, 1.807) is 11.1 Å². The van der Waals surface area contributed by atoms with Crippen molar-refractivity contribution in [1.29, 1.82) is 0 Å². The average Bonchev–Trinajstić information content (AvgIpc) is 2.73. The first kappa shape index (κ1) is 10.9. The number of aromatic nitrogens is 1. The smallest absolute Gasteiger partial charge is 0.229 e. The molecule has 0 aromatic carbocycles. The summed E-state index contributed by atoms with van der Waals surface area (Å²) in [6.07, 6.45) is 2.59. The van der Waals surface area contributed by atoms with Crippen molar-refractivity contribution in [2.45, 2.75) is 32.2 Å². The fourth-order valence-corrected chi connectivity index (χ4v) is 2.19. The molecule has 86 valence electrons. The lowest BCUT2D eigenvalue weighted by atomic mass is 10.0. The van der Waals surface area contributed by atoms with E-state index in [-0.39, 0.29) is 23.8 Å². The van der Waals surface area contributed by atoms with Crippen LogP contribution in [0, 0.1) is 0 Å². The van der Waals surface area contributed by atoms with Gasteiger partial charge in [0.1, 0.15) is 0 Å². The molecule has 16 heavy (non-hydrogen) atoms. The van der Waals surface area contributed by atoms with Crippen LogP contribution in [0.5, 0.6) is 0 Å². The summed E-state index contributed by atoms with van der Waals surface area (Å²) in [5, 5.41) is 0. The predicted molar refractivity (Wildman–Crippen MR) is 59.9 cm³/mol. The van der Waals surface area contributed by atoms with Crippen molar-refractivity contribution >= 4 is 11.7 Å². The highest BCUT2D eigenvalue weighted by atomic mass is 16.2. The van der Waals surface area contributed by atoms with Crippen LogP contribution in [-0.4, -0.2) is 33.7 Å². The van der Waals surface area contributed by atoms with Gasteiger partial charge in [-0.05, 0) is 26.0 Å². The molecule has 1 aliphatic heterocycles. The molecule has 1 saturated heterocycles. The third-order valence-electron chi connectivity index (χ3n) is 3.00. The molecule has 1 aliphatic rings. The molecule has 4 nitrogen and oxygen atoms in total. The maximum Gasteiger partial charge on any atom is 0.229 e. The van der Waals surface area contributed by atoms with E-state index in [1.165, 1.54) is 0 Å². The molecule has 2 rings (SSSR count). The number of hydrogen-bond acceptors (Lipinski definition) is 2. The van der Waals surface area contributed by atoms with E-state index in [1.807, 2.05) is 26.0 Å². The summed E-state index contributed by atoms with van der Waals surface area (Å²) in [6, 6.07) is 3.74. The molecule has 0 saturated carbocycles. The van der Waals surface area contributed by atoms with Crippen LogP contribution in [0.3, 0.4) is 0 Å². The summed E-state index contributed by atoms with van der Waals surface area (Å²) in [4.78, 5) is 28.1. The summed E-state index contributed by atoms with van der Waals surface area (Å²) in [7, 11) is 0. The zero-order chi connectivity index (χ0) is 11.8. The van der Waals surface area contributed by atoms with Gasteiger partial charge in [-0.3, -0.25) is 9.59 Å². The molecule has 0 unspecified atom stereocenters. The highest BCUT2D eigenvalue weighted by Gasteiger charge is 2.39. The number of rotatable bonds is 2. The van der Waals surface area contributed by atoms with E-state index in [4.69, 9.17) is 0 Å². The number of ketones is 1. The Labute approximate surface area is 94.6 Å². The fourth-order valence-electron chi connectivity index (χ4n) is 2.19. The lowest BCUT2D eigenvalue weighted by Crippen LogP contribution is -2.43. The first-order valence-electron chi connectivity index (χ1n) is 5.43. The summed E-state index contributed by atoms with van der Waals surface area (Å²) in [5.74, 6) is 0.156. The number of hydrogen-bond donors (Lipinski definition) is 1. The van der Waals surface area contributed by atoms with Crippen LogP contribution in [-0.2, 0) is 16.0 Å². The van der Waals surface area contributed by atoms with Crippen LogP contribution in [0.15, 0.2) is 18.3 Å². The molecule has 1 aromatic rings. The molecule has 0 radical (unpaired) electrons. The Hall–Kier alpha value is -1.58. The minimum absolute atomic E-state index is 0.0123. The molecule has 1 N–H and O–H groups in total. The van der Waals surface area contributed by atoms with Gasteiger partial charge < -0.3 is 9.88 Å². The van der Waals surface area contributed by atoms with Gasteiger partial charge in [0.15, 0.2) is 5.78 Å². The van der Waals surface area contributed by atoms with Gasteiger partial charge >= 0.3 is 0 Å². The fraction of sp³-hybridized carbons (Fsp3) is 0.500. The first-order valence-corrected chi connectivity index (χ1v) is 5.43. The minimum atomic E-state index is -0.333. The standard InChI is InChI=1S/C12H16N2O2/c1-12(2)7-10(15)8-14(12)11(16)6-9-4-3-5-13-9/h3-5,13H,6-8H2,1-2H3. The Bertz CT molecular complexity index is 407. The maximum atomic E-state index is 12.0. The van der Waals surface area contributed by atoms with Gasteiger partial charge in [-0.1, -0.05) is 0 Å². The summed E-state index contributed by atoms with van der Waals surface area (Å²) in [5.41, 5.74) is 0.556. The Balaban J connectivity index is 2.08. The van der Waals surface area contributed by atoms with Crippen LogP contribution < -0.4 is 0 Å². The van der Waals surface area contributed by atoms with Crippen molar-refractivity contribution in [3.8, 4) is 0 Å². The lowest BCUT2D eigenvalue weighted by molar-refractivity contribution is -0.134. The summed E-state index contributed by atoms with van der Waals surface area (Å²) in [6.45, 7) is 4.13. The number of nitrogens with zero attached hydrogens (tertiary/aromatic N) is 1. The number of carbonyl (C=O) groups is 2. The average molecular weight is 220 g/mol. The van der Waals surface area contributed by atoms with Gasteiger partial charge in [-0.15, -0.1) is 0 Å². The van der Waals surface area contributed by atoms with Crippen LogP contribution in [0.2, 0.25) is 0 Å². The zero-order valence-corrected chi connectivity index (χ0v) is 9.62. The number of likely N-dealkylation sites (tertiary alicyclic amines) is 1. The minimum Gasteiger partial charge on any atom is -0.365 e. The molecule has 2 heterocycles. The van der Waals surface area contributed by atoms with Gasteiger partial charge in [-0.2, -0.15) is 0 Å². The van der Waals surface area contributed by atoms with Gasteiger partial charge in [0.2, 0.25) is 5.91 Å². The van der Waals surface area contributed by atoms with Gasteiger partial charge in [0, 0.05) is 23.9 Å².